The van der Waals surface area contributed by atoms with Crippen LogP contribution in [-0.4, -0.2) is 21.7 Å². The van der Waals surface area contributed by atoms with Gasteiger partial charge in [0.25, 0.3) is 0 Å². The molecule has 0 aliphatic carbocycles. The molecular weight excluding hydrogens is 290 g/mol. The second kappa shape index (κ2) is 5.73. The van der Waals surface area contributed by atoms with Gasteiger partial charge in [0.1, 0.15) is 0 Å². The molecule has 0 fully saturated rings. The van der Waals surface area contributed by atoms with E-state index in [1.807, 2.05) is 0 Å². The Morgan fingerprint density at radius 3 is 2.06 bits per heavy atom. The fourth-order valence-corrected chi connectivity index (χ4v) is 2.36. The molecule has 0 radical (unpaired) electrons. The van der Waals surface area contributed by atoms with Crippen molar-refractivity contribution in [2.45, 2.75) is 4.90 Å². The molecule has 0 aromatic heterocycles. The van der Waals surface area contributed by atoms with Crippen molar-refractivity contribution in [3.8, 4) is 0 Å². The van der Waals surface area contributed by atoms with Crippen LogP contribution in [0.1, 0.15) is 0 Å². The first-order valence-electron chi connectivity index (χ1n) is 3.82. The molecule has 0 heterocycles. The third-order valence-electron chi connectivity index (χ3n) is 1.73. The van der Waals surface area contributed by atoms with Crippen LogP contribution in [0.3, 0.4) is 0 Å². The average Bonchev–Trinajstić information content (AvgIpc) is 1.99. The number of sulfone groups is 1. The van der Waals surface area contributed by atoms with Crippen LogP contribution in [0.25, 0.3) is 0 Å². The molecule has 1 aromatic carbocycles. The normalized spacial score (nSPS) is 12.1. The zero-order chi connectivity index (χ0) is 11.9. The van der Waals surface area contributed by atoms with E-state index in [0.717, 1.165) is 12.3 Å². The SMILES string of the molecule is CS(=O)(=O)c1ccc([B-](F)(F)F)cc1Cl.[K+]. The molecule has 0 amide bonds. The molecule has 0 saturated carbocycles. The molecule has 0 aliphatic heterocycles. The Balaban J connectivity index is 0.00000225. The molecule has 16 heavy (non-hydrogen) atoms. The van der Waals surface area contributed by atoms with Gasteiger partial charge in [0.15, 0.2) is 9.84 Å². The van der Waals surface area contributed by atoms with Crippen LogP contribution in [0.2, 0.25) is 5.02 Å². The van der Waals surface area contributed by atoms with Crippen LogP contribution in [0, 0.1) is 0 Å². The summed E-state index contributed by atoms with van der Waals surface area (Å²) in [6.07, 6.45) is 0.882. The van der Waals surface area contributed by atoms with E-state index >= 15 is 0 Å². The van der Waals surface area contributed by atoms with Gasteiger partial charge in [-0.2, -0.15) is 0 Å². The van der Waals surface area contributed by atoms with E-state index in [1.54, 1.807) is 0 Å². The van der Waals surface area contributed by atoms with Crippen molar-refractivity contribution in [3.05, 3.63) is 23.2 Å². The number of hydrogen-bond donors (Lipinski definition) is 0. The van der Waals surface area contributed by atoms with Gasteiger partial charge < -0.3 is 12.9 Å². The zero-order valence-corrected chi connectivity index (χ0v) is 13.2. The van der Waals surface area contributed by atoms with Crippen LogP contribution in [-0.2, 0) is 9.84 Å². The predicted octanol–water partition coefficient (Wildman–Crippen LogP) is -1.20. The minimum absolute atomic E-state index is 0. The zero-order valence-electron chi connectivity index (χ0n) is 8.55. The smallest absolute Gasteiger partial charge is 0.445 e. The van der Waals surface area contributed by atoms with E-state index in [9.17, 15) is 21.4 Å². The molecule has 1 aromatic rings. The molecule has 0 N–H and O–H groups in total. The minimum Gasteiger partial charge on any atom is -0.445 e. The summed E-state index contributed by atoms with van der Waals surface area (Å²) in [5, 5.41) is -0.408. The summed E-state index contributed by atoms with van der Waals surface area (Å²) in [6, 6.07) is 2.20. The van der Waals surface area contributed by atoms with Gasteiger partial charge in [-0.3, -0.25) is 0 Å². The van der Waals surface area contributed by atoms with Gasteiger partial charge >= 0.3 is 58.4 Å². The predicted molar refractivity (Wildman–Crippen MR) is 53.3 cm³/mol. The van der Waals surface area contributed by atoms with Crippen LogP contribution >= 0.6 is 11.6 Å². The molecule has 1 rings (SSSR count). The molecule has 0 bridgehead atoms. The number of rotatable bonds is 2. The van der Waals surface area contributed by atoms with Gasteiger partial charge in [0.2, 0.25) is 0 Å². The van der Waals surface area contributed by atoms with Gasteiger partial charge in [-0.25, -0.2) is 8.42 Å². The van der Waals surface area contributed by atoms with Gasteiger partial charge in [-0.1, -0.05) is 23.7 Å². The third kappa shape index (κ3) is 4.32. The second-order valence-electron chi connectivity index (χ2n) is 3.04. The van der Waals surface area contributed by atoms with E-state index in [0.29, 0.717) is 12.1 Å². The van der Waals surface area contributed by atoms with E-state index < -0.39 is 27.3 Å². The summed E-state index contributed by atoms with van der Waals surface area (Å²) in [4.78, 5) is -0.298. The molecule has 0 spiro atoms. The van der Waals surface area contributed by atoms with Crippen molar-refractivity contribution in [2.24, 2.45) is 0 Å². The Morgan fingerprint density at radius 2 is 1.75 bits per heavy atom. The van der Waals surface area contributed by atoms with Crippen LogP contribution < -0.4 is 56.8 Å². The van der Waals surface area contributed by atoms with Gasteiger partial charge in [-0.15, -0.1) is 5.46 Å². The van der Waals surface area contributed by atoms with Crippen molar-refractivity contribution < 1.29 is 72.7 Å². The minimum atomic E-state index is -5.16. The van der Waals surface area contributed by atoms with Crippen LogP contribution in [0.4, 0.5) is 12.9 Å². The van der Waals surface area contributed by atoms with E-state index in [1.165, 1.54) is 0 Å². The van der Waals surface area contributed by atoms with Crippen molar-refractivity contribution in [1.29, 1.82) is 0 Å². The van der Waals surface area contributed by atoms with Crippen molar-refractivity contribution >= 4 is 33.9 Å². The molecule has 9 heteroatoms. The topological polar surface area (TPSA) is 34.1 Å². The summed E-state index contributed by atoms with van der Waals surface area (Å²) < 4.78 is 58.9. The largest absolute Gasteiger partial charge is 1.00 e. The summed E-state index contributed by atoms with van der Waals surface area (Å²) in [5.74, 6) is 0. The maximum Gasteiger partial charge on any atom is 1.00 e. The Morgan fingerprint density at radius 1 is 1.25 bits per heavy atom. The van der Waals surface area contributed by atoms with Crippen LogP contribution in [0.15, 0.2) is 23.1 Å². The Hall–Kier alpha value is 0.951. The van der Waals surface area contributed by atoms with Crippen LogP contribution in [0.5, 0.6) is 0 Å². The summed E-state index contributed by atoms with van der Waals surface area (Å²) in [7, 11) is -3.59. The Labute approximate surface area is 139 Å². The maximum atomic E-state index is 12.3. The first-order valence-corrected chi connectivity index (χ1v) is 6.09. The number of hydrogen-bond acceptors (Lipinski definition) is 2. The Kier molecular flexibility index (Phi) is 6.07. The molecule has 0 aliphatic rings. The van der Waals surface area contributed by atoms with E-state index in [-0.39, 0.29) is 56.3 Å². The first kappa shape index (κ1) is 17.0. The third-order valence-corrected chi connectivity index (χ3v) is 3.31. The van der Waals surface area contributed by atoms with Gasteiger partial charge in [-0.05, 0) is 6.07 Å². The molecule has 84 valence electrons. The monoisotopic (exact) mass is 296 g/mol. The van der Waals surface area contributed by atoms with Crippen molar-refractivity contribution in [1.82, 2.24) is 0 Å². The molecule has 0 atom stereocenters. The quantitative estimate of drug-likeness (QED) is 0.643. The molecular formula is C7H6BClF3KO2S. The van der Waals surface area contributed by atoms with E-state index in [2.05, 4.69) is 0 Å². The first-order chi connectivity index (χ1) is 6.62. The fourth-order valence-electron chi connectivity index (χ4n) is 1.02. The summed E-state index contributed by atoms with van der Waals surface area (Å²) >= 11 is 5.45. The molecule has 0 saturated heterocycles. The number of benzene rings is 1. The van der Waals surface area contributed by atoms with Crippen molar-refractivity contribution in [2.75, 3.05) is 6.26 Å². The van der Waals surface area contributed by atoms with Gasteiger partial charge in [0, 0.05) is 6.26 Å². The van der Waals surface area contributed by atoms with E-state index in [4.69, 9.17) is 11.6 Å². The summed E-state index contributed by atoms with van der Waals surface area (Å²) in [6.45, 7) is -5.16. The van der Waals surface area contributed by atoms with Gasteiger partial charge in [0.05, 0.1) is 9.92 Å². The van der Waals surface area contributed by atoms with Crippen molar-refractivity contribution in [3.63, 3.8) is 0 Å². The second-order valence-corrected chi connectivity index (χ2v) is 5.43. The Bertz CT molecular complexity index is 489. The molecule has 0 unspecified atom stereocenters. The molecule has 2 nitrogen and oxygen atoms in total. The average molecular weight is 297 g/mol. The maximum absolute atomic E-state index is 12.3. The fraction of sp³-hybridized carbons (Fsp3) is 0.143. The standard InChI is InChI=1S/C7H6BClF3O2S.K/c1-15(13,14)7-3-2-5(4-6(7)9)8(10,11)12;/h2-4H,1H3;/q-1;+1. The summed E-state index contributed by atoms with van der Waals surface area (Å²) in [5.41, 5.74) is -0.910. The number of halogens is 4.